The molecule has 0 saturated heterocycles. The molecule has 0 aliphatic heterocycles. The van der Waals surface area contributed by atoms with Crippen molar-refractivity contribution in [2.75, 3.05) is 12.3 Å². The van der Waals surface area contributed by atoms with Crippen LogP contribution in [0.3, 0.4) is 0 Å². The Morgan fingerprint density at radius 2 is 2.24 bits per heavy atom. The first-order chi connectivity index (χ1) is 10.2. The van der Waals surface area contributed by atoms with E-state index in [1.165, 1.54) is 12.3 Å². The molecule has 0 unspecified atom stereocenters. The topological polar surface area (TPSA) is 98.2 Å². The molecule has 0 aliphatic rings. The van der Waals surface area contributed by atoms with Gasteiger partial charge in [-0.3, -0.25) is 0 Å². The highest BCUT2D eigenvalue weighted by Crippen LogP contribution is 2.28. The summed E-state index contributed by atoms with van der Waals surface area (Å²) in [6.45, 7) is 1.96. The van der Waals surface area contributed by atoms with Crippen LogP contribution in [0.5, 0.6) is 11.6 Å². The number of esters is 1. The molecule has 21 heavy (non-hydrogen) atoms. The van der Waals surface area contributed by atoms with Crippen molar-refractivity contribution >= 4 is 11.7 Å². The van der Waals surface area contributed by atoms with E-state index in [9.17, 15) is 4.79 Å². The van der Waals surface area contributed by atoms with Crippen molar-refractivity contribution in [1.82, 2.24) is 4.98 Å². The number of benzene rings is 1. The van der Waals surface area contributed by atoms with Gasteiger partial charge in [0, 0.05) is 6.20 Å². The zero-order valence-corrected chi connectivity index (χ0v) is 11.4. The molecule has 106 valence electrons. The number of rotatable bonds is 4. The third kappa shape index (κ3) is 3.28. The second kappa shape index (κ2) is 6.39. The number of aromatic nitrogens is 1. The second-order valence-electron chi connectivity index (χ2n) is 4.04. The van der Waals surface area contributed by atoms with Gasteiger partial charge in [-0.2, -0.15) is 5.26 Å². The maximum absolute atomic E-state index is 11.7. The number of nitrogen functional groups attached to an aromatic ring is 1. The lowest BCUT2D eigenvalue weighted by Gasteiger charge is -2.10. The van der Waals surface area contributed by atoms with Crippen LogP contribution >= 0.6 is 0 Å². The van der Waals surface area contributed by atoms with E-state index in [0.29, 0.717) is 11.3 Å². The van der Waals surface area contributed by atoms with Crippen LogP contribution in [0.2, 0.25) is 0 Å². The largest absolute Gasteiger partial charge is 0.462 e. The molecule has 1 heterocycles. The van der Waals surface area contributed by atoms with Crippen molar-refractivity contribution in [3.05, 3.63) is 47.7 Å². The number of ether oxygens (including phenoxy) is 2. The maximum Gasteiger partial charge on any atom is 0.340 e. The summed E-state index contributed by atoms with van der Waals surface area (Å²) in [7, 11) is 0. The summed E-state index contributed by atoms with van der Waals surface area (Å²) in [5.41, 5.74) is 6.62. The SMILES string of the molecule is CCOC(=O)c1ccnc(Oc2cccc(C#N)c2)c1N. The smallest absolute Gasteiger partial charge is 0.340 e. The van der Waals surface area contributed by atoms with Gasteiger partial charge < -0.3 is 15.2 Å². The highest BCUT2D eigenvalue weighted by molar-refractivity contribution is 5.96. The predicted octanol–water partition coefficient (Wildman–Crippen LogP) is 2.50. The molecule has 0 aliphatic carbocycles. The van der Waals surface area contributed by atoms with Crippen LogP contribution in [0.4, 0.5) is 5.69 Å². The Balaban J connectivity index is 2.30. The Labute approximate surface area is 121 Å². The molecule has 0 bridgehead atoms. The van der Waals surface area contributed by atoms with Crippen molar-refractivity contribution < 1.29 is 14.3 Å². The standard InChI is InChI=1S/C15H13N3O3/c1-2-20-15(19)12-6-7-18-14(13(12)17)21-11-5-3-4-10(8-11)9-16/h3-8H,2,17H2,1H3. The first-order valence-corrected chi connectivity index (χ1v) is 6.25. The molecular formula is C15H13N3O3. The molecule has 0 saturated carbocycles. The van der Waals surface area contributed by atoms with E-state index in [1.54, 1.807) is 31.2 Å². The van der Waals surface area contributed by atoms with Gasteiger partial charge in [0.05, 0.1) is 23.8 Å². The maximum atomic E-state index is 11.7. The fourth-order valence-electron chi connectivity index (χ4n) is 1.66. The first-order valence-electron chi connectivity index (χ1n) is 6.25. The molecule has 1 aromatic carbocycles. The number of carbonyl (C=O) groups is 1. The molecule has 0 amide bonds. The lowest BCUT2D eigenvalue weighted by molar-refractivity contribution is 0.0527. The van der Waals surface area contributed by atoms with Crippen LogP contribution in [-0.4, -0.2) is 17.6 Å². The van der Waals surface area contributed by atoms with Crippen LogP contribution in [0.25, 0.3) is 0 Å². The van der Waals surface area contributed by atoms with Crippen molar-refractivity contribution in [2.24, 2.45) is 0 Å². The third-order valence-electron chi connectivity index (χ3n) is 2.63. The molecule has 2 rings (SSSR count). The summed E-state index contributed by atoms with van der Waals surface area (Å²) >= 11 is 0. The molecule has 0 fully saturated rings. The summed E-state index contributed by atoms with van der Waals surface area (Å²) < 4.78 is 10.4. The van der Waals surface area contributed by atoms with E-state index in [1.807, 2.05) is 6.07 Å². The highest BCUT2D eigenvalue weighted by Gasteiger charge is 2.16. The average Bonchev–Trinajstić information content (AvgIpc) is 2.50. The van der Waals surface area contributed by atoms with E-state index in [4.69, 9.17) is 20.5 Å². The van der Waals surface area contributed by atoms with Gasteiger partial charge in [-0.25, -0.2) is 9.78 Å². The highest BCUT2D eigenvalue weighted by atomic mass is 16.5. The minimum absolute atomic E-state index is 0.0932. The molecule has 0 radical (unpaired) electrons. The van der Waals surface area contributed by atoms with Crippen LogP contribution in [0, 0.1) is 11.3 Å². The molecule has 0 atom stereocenters. The Bertz CT molecular complexity index is 708. The van der Waals surface area contributed by atoms with Crippen LogP contribution < -0.4 is 10.5 Å². The number of nitrogens with zero attached hydrogens (tertiary/aromatic N) is 2. The molecule has 2 aromatic rings. The third-order valence-corrected chi connectivity index (χ3v) is 2.63. The predicted molar refractivity (Wildman–Crippen MR) is 75.8 cm³/mol. The Morgan fingerprint density at radius 3 is 2.95 bits per heavy atom. The molecule has 1 aromatic heterocycles. The van der Waals surface area contributed by atoms with Gasteiger partial charge in [0.2, 0.25) is 5.88 Å². The van der Waals surface area contributed by atoms with Crippen molar-refractivity contribution in [3.8, 4) is 17.7 Å². The van der Waals surface area contributed by atoms with Crippen molar-refractivity contribution in [3.63, 3.8) is 0 Å². The van der Waals surface area contributed by atoms with E-state index < -0.39 is 5.97 Å². The summed E-state index contributed by atoms with van der Waals surface area (Å²) in [5, 5.41) is 8.85. The van der Waals surface area contributed by atoms with Crippen LogP contribution in [0.15, 0.2) is 36.5 Å². The zero-order valence-electron chi connectivity index (χ0n) is 11.4. The summed E-state index contributed by atoms with van der Waals surface area (Å²) in [6.07, 6.45) is 1.41. The molecule has 6 nitrogen and oxygen atoms in total. The number of hydrogen-bond acceptors (Lipinski definition) is 6. The van der Waals surface area contributed by atoms with Gasteiger partial charge >= 0.3 is 5.97 Å². The Kier molecular flexibility index (Phi) is 4.36. The van der Waals surface area contributed by atoms with E-state index in [0.717, 1.165) is 0 Å². The van der Waals surface area contributed by atoms with E-state index in [-0.39, 0.29) is 23.7 Å². The van der Waals surface area contributed by atoms with Crippen LogP contribution in [0.1, 0.15) is 22.8 Å². The lowest BCUT2D eigenvalue weighted by atomic mass is 10.2. The number of nitrogens with two attached hydrogens (primary N) is 1. The minimum atomic E-state index is -0.534. The molecule has 2 N–H and O–H groups in total. The normalized spacial score (nSPS) is 9.71. The van der Waals surface area contributed by atoms with Gasteiger partial charge in [-0.1, -0.05) is 6.07 Å². The fraction of sp³-hybridized carbons (Fsp3) is 0.133. The average molecular weight is 283 g/mol. The van der Waals surface area contributed by atoms with Crippen molar-refractivity contribution in [1.29, 1.82) is 5.26 Å². The number of hydrogen-bond donors (Lipinski definition) is 1. The van der Waals surface area contributed by atoms with Crippen molar-refractivity contribution in [2.45, 2.75) is 6.92 Å². The zero-order chi connectivity index (χ0) is 15.2. The van der Waals surface area contributed by atoms with Gasteiger partial charge in [0.1, 0.15) is 11.4 Å². The van der Waals surface area contributed by atoms with Crippen LogP contribution in [-0.2, 0) is 4.74 Å². The molecule has 0 spiro atoms. The Hall–Kier alpha value is -3.07. The van der Waals surface area contributed by atoms with E-state index in [2.05, 4.69) is 4.98 Å². The van der Waals surface area contributed by atoms with Gasteiger partial charge in [-0.05, 0) is 31.2 Å². The molecular weight excluding hydrogens is 270 g/mol. The summed E-state index contributed by atoms with van der Waals surface area (Å²) in [6, 6.07) is 10.0. The van der Waals surface area contributed by atoms with Gasteiger partial charge in [0.25, 0.3) is 0 Å². The molecule has 6 heteroatoms. The lowest BCUT2D eigenvalue weighted by Crippen LogP contribution is -2.09. The number of nitriles is 1. The quantitative estimate of drug-likeness (QED) is 0.865. The van der Waals surface area contributed by atoms with E-state index >= 15 is 0 Å². The summed E-state index contributed by atoms with van der Waals surface area (Å²) in [5.74, 6) is -0.0297. The fourth-order valence-corrected chi connectivity index (χ4v) is 1.66. The summed E-state index contributed by atoms with van der Waals surface area (Å²) in [4.78, 5) is 15.7. The number of carbonyl (C=O) groups excluding carboxylic acids is 1. The monoisotopic (exact) mass is 283 g/mol. The Morgan fingerprint density at radius 1 is 1.43 bits per heavy atom. The van der Waals surface area contributed by atoms with Gasteiger partial charge in [-0.15, -0.1) is 0 Å². The number of anilines is 1. The first kappa shape index (κ1) is 14.3. The number of pyridine rings is 1. The van der Waals surface area contributed by atoms with Gasteiger partial charge in [0.15, 0.2) is 0 Å². The second-order valence-corrected chi connectivity index (χ2v) is 4.04. The minimum Gasteiger partial charge on any atom is -0.462 e.